The van der Waals surface area contributed by atoms with E-state index in [0.717, 1.165) is 23.0 Å². The Balaban J connectivity index is 2.08. The summed E-state index contributed by atoms with van der Waals surface area (Å²) in [4.78, 5) is 0. The zero-order valence-electron chi connectivity index (χ0n) is 13.4. The first-order valence-electron chi connectivity index (χ1n) is 7.98. The predicted octanol–water partition coefficient (Wildman–Crippen LogP) is 4.92. The Kier molecular flexibility index (Phi) is 3.26. The lowest BCUT2D eigenvalue weighted by molar-refractivity contribution is 0.663. The second kappa shape index (κ2) is 5.31. The normalized spacial score (nSPS) is 11.4. The molecule has 0 unspecified atom stereocenters. The lowest BCUT2D eigenvalue weighted by atomic mass is 9.87. The summed E-state index contributed by atoms with van der Waals surface area (Å²) in [6, 6.07) is 18.7. The second-order valence-corrected chi connectivity index (χ2v) is 5.99. The van der Waals surface area contributed by atoms with Gasteiger partial charge in [-0.05, 0) is 42.2 Å². The van der Waals surface area contributed by atoms with E-state index in [4.69, 9.17) is 12.3 Å². The average Bonchev–Trinajstić information content (AvgIpc) is 2.95. The smallest absolute Gasteiger partial charge is 0.139 e. The maximum absolute atomic E-state index is 6.18. The molecular weight excluding hydrogens is 279 g/mol. The summed E-state index contributed by atoms with van der Waals surface area (Å²) in [6.45, 7) is 4.30. The molecule has 23 heavy (non-hydrogen) atoms. The van der Waals surface area contributed by atoms with Gasteiger partial charge in [0.2, 0.25) is 0 Å². The summed E-state index contributed by atoms with van der Waals surface area (Å²) in [5.41, 5.74) is 7.59. The lowest BCUT2D eigenvalue weighted by Crippen LogP contribution is -2.03. The summed E-state index contributed by atoms with van der Waals surface area (Å²) < 4.78 is 6.18. The first kappa shape index (κ1) is 14.1. The van der Waals surface area contributed by atoms with E-state index in [1.165, 1.54) is 33.0 Å². The third kappa shape index (κ3) is 2.17. The van der Waals surface area contributed by atoms with Crippen LogP contribution in [0, 0.1) is 6.92 Å². The molecule has 0 saturated carbocycles. The zero-order chi connectivity index (χ0) is 16.0. The molecule has 0 atom stereocenters. The van der Waals surface area contributed by atoms with Gasteiger partial charge < -0.3 is 4.42 Å². The van der Waals surface area contributed by atoms with Gasteiger partial charge in [0.25, 0.3) is 0 Å². The highest BCUT2D eigenvalue weighted by Crippen LogP contribution is 2.37. The van der Waals surface area contributed by atoms with Gasteiger partial charge in [0.1, 0.15) is 19.0 Å². The minimum atomic E-state index is 0.789. The van der Waals surface area contributed by atoms with Crippen LogP contribution >= 0.6 is 0 Å². The number of fused-ring (bicyclic) bond motifs is 3. The van der Waals surface area contributed by atoms with Crippen LogP contribution in [0.25, 0.3) is 33.1 Å². The van der Waals surface area contributed by atoms with Crippen molar-refractivity contribution in [1.82, 2.24) is 0 Å². The molecule has 3 aromatic carbocycles. The van der Waals surface area contributed by atoms with Gasteiger partial charge in [-0.25, -0.2) is 0 Å². The van der Waals surface area contributed by atoms with E-state index in [-0.39, 0.29) is 0 Å². The van der Waals surface area contributed by atoms with E-state index in [9.17, 15) is 0 Å². The van der Waals surface area contributed by atoms with Crippen LogP contribution in [-0.2, 0) is 6.42 Å². The Hall–Kier alpha value is -2.48. The van der Waals surface area contributed by atoms with Gasteiger partial charge in [-0.15, -0.1) is 0 Å². The Morgan fingerprint density at radius 2 is 1.74 bits per heavy atom. The number of para-hydroxylation sites is 1. The van der Waals surface area contributed by atoms with Crippen molar-refractivity contribution in [2.24, 2.45) is 0 Å². The van der Waals surface area contributed by atoms with Gasteiger partial charge in [0.05, 0.1) is 0 Å². The van der Waals surface area contributed by atoms with Crippen LogP contribution < -0.4 is 5.46 Å². The molecule has 2 radical (unpaired) electrons. The van der Waals surface area contributed by atoms with Crippen LogP contribution in [0.5, 0.6) is 0 Å². The van der Waals surface area contributed by atoms with Crippen molar-refractivity contribution >= 4 is 35.2 Å². The van der Waals surface area contributed by atoms with Gasteiger partial charge in [-0.2, -0.15) is 0 Å². The SMILES string of the molecule is [B]c1ccc(C)c(-c2ccc3c(oc4ccccc43)c2CC)c1. The van der Waals surface area contributed by atoms with Crippen LogP contribution in [0.1, 0.15) is 18.1 Å². The Morgan fingerprint density at radius 1 is 0.913 bits per heavy atom. The maximum atomic E-state index is 6.18. The summed E-state index contributed by atoms with van der Waals surface area (Å²) >= 11 is 0. The fourth-order valence-electron chi connectivity index (χ4n) is 3.38. The minimum absolute atomic E-state index is 0.789. The molecule has 1 aromatic heterocycles. The Bertz CT molecular complexity index is 1030. The van der Waals surface area contributed by atoms with E-state index in [1.807, 2.05) is 18.2 Å². The zero-order valence-corrected chi connectivity index (χ0v) is 13.4. The lowest BCUT2D eigenvalue weighted by Gasteiger charge is -2.12. The topological polar surface area (TPSA) is 13.1 Å². The first-order valence-corrected chi connectivity index (χ1v) is 7.98. The average molecular weight is 296 g/mol. The fraction of sp³-hybridized carbons (Fsp3) is 0.143. The molecule has 2 heteroatoms. The van der Waals surface area contributed by atoms with Crippen LogP contribution in [0.15, 0.2) is 59.0 Å². The third-order valence-electron chi connectivity index (χ3n) is 4.56. The molecular formula is C21H17BO. The number of aryl methyl sites for hydroxylation is 2. The van der Waals surface area contributed by atoms with Crippen LogP contribution in [0.2, 0.25) is 0 Å². The largest absolute Gasteiger partial charge is 0.456 e. The number of benzene rings is 3. The molecule has 0 bridgehead atoms. The quantitative estimate of drug-likeness (QED) is 0.479. The summed E-state index contributed by atoms with van der Waals surface area (Å²) in [5.74, 6) is 0. The monoisotopic (exact) mass is 296 g/mol. The van der Waals surface area contributed by atoms with Crippen molar-refractivity contribution in [2.45, 2.75) is 20.3 Å². The van der Waals surface area contributed by atoms with Gasteiger partial charge in [-0.3, -0.25) is 0 Å². The first-order chi connectivity index (χ1) is 11.2. The van der Waals surface area contributed by atoms with E-state index in [0.29, 0.717) is 0 Å². The van der Waals surface area contributed by atoms with Crippen molar-refractivity contribution in [2.75, 3.05) is 0 Å². The highest BCUT2D eigenvalue weighted by molar-refractivity contribution is 6.32. The van der Waals surface area contributed by atoms with Gasteiger partial charge >= 0.3 is 0 Å². The molecule has 1 nitrogen and oxygen atoms in total. The number of hydrogen-bond acceptors (Lipinski definition) is 1. The maximum Gasteiger partial charge on any atom is 0.139 e. The van der Waals surface area contributed by atoms with Crippen LogP contribution in [0.3, 0.4) is 0 Å². The molecule has 0 fully saturated rings. The van der Waals surface area contributed by atoms with Gasteiger partial charge in [0.15, 0.2) is 0 Å². The van der Waals surface area contributed by atoms with Crippen molar-refractivity contribution in [3.05, 3.63) is 65.7 Å². The third-order valence-corrected chi connectivity index (χ3v) is 4.56. The molecule has 0 N–H and O–H groups in total. The second-order valence-electron chi connectivity index (χ2n) is 5.99. The van der Waals surface area contributed by atoms with E-state index < -0.39 is 0 Å². The molecule has 110 valence electrons. The van der Waals surface area contributed by atoms with E-state index in [1.54, 1.807) is 0 Å². The van der Waals surface area contributed by atoms with Gasteiger partial charge in [0, 0.05) is 16.3 Å². The summed E-state index contributed by atoms with van der Waals surface area (Å²) in [7, 11) is 6.01. The van der Waals surface area contributed by atoms with Crippen molar-refractivity contribution < 1.29 is 4.42 Å². The molecule has 0 aliphatic rings. The minimum Gasteiger partial charge on any atom is -0.456 e. The molecule has 1 heterocycles. The Labute approximate surface area is 137 Å². The molecule has 4 rings (SSSR count). The van der Waals surface area contributed by atoms with Crippen molar-refractivity contribution in [3.8, 4) is 11.1 Å². The highest BCUT2D eigenvalue weighted by atomic mass is 16.3. The van der Waals surface area contributed by atoms with Gasteiger partial charge in [-0.1, -0.05) is 54.9 Å². The standard InChI is InChI=1S/C21H17BO/c1-3-15-16(19-12-14(22)9-8-13(19)2)10-11-18-17-6-4-5-7-20(17)23-21(15)18/h4-12H,3H2,1-2H3. The number of furan rings is 1. The molecule has 4 aromatic rings. The highest BCUT2D eigenvalue weighted by Gasteiger charge is 2.15. The van der Waals surface area contributed by atoms with E-state index in [2.05, 4.69) is 50.2 Å². The van der Waals surface area contributed by atoms with Crippen molar-refractivity contribution in [1.29, 1.82) is 0 Å². The molecule has 0 aliphatic heterocycles. The number of rotatable bonds is 2. The molecule has 0 amide bonds. The predicted molar refractivity (Wildman–Crippen MR) is 98.7 cm³/mol. The van der Waals surface area contributed by atoms with Crippen LogP contribution in [-0.4, -0.2) is 7.85 Å². The van der Waals surface area contributed by atoms with Crippen LogP contribution in [0.4, 0.5) is 0 Å². The van der Waals surface area contributed by atoms with E-state index >= 15 is 0 Å². The molecule has 0 aliphatic carbocycles. The summed E-state index contributed by atoms with van der Waals surface area (Å²) in [6.07, 6.45) is 0.917. The molecule has 0 saturated heterocycles. The number of hydrogen-bond donors (Lipinski definition) is 0. The van der Waals surface area contributed by atoms with Crippen molar-refractivity contribution in [3.63, 3.8) is 0 Å². The Morgan fingerprint density at radius 3 is 2.57 bits per heavy atom. The molecule has 0 spiro atoms. The summed E-state index contributed by atoms with van der Waals surface area (Å²) in [5, 5.41) is 2.36. The fourth-order valence-corrected chi connectivity index (χ4v) is 3.38.